The number of ether oxygens (including phenoxy) is 1. The Kier molecular flexibility index (Phi) is 7.29. The zero-order valence-electron chi connectivity index (χ0n) is 21.3. The van der Waals surface area contributed by atoms with Crippen molar-refractivity contribution >= 4 is 10.9 Å². The van der Waals surface area contributed by atoms with E-state index < -0.39 is 0 Å². The number of benzene rings is 1. The van der Waals surface area contributed by atoms with Crippen LogP contribution in [-0.4, -0.2) is 49.3 Å². The summed E-state index contributed by atoms with van der Waals surface area (Å²) in [7, 11) is 0. The van der Waals surface area contributed by atoms with Gasteiger partial charge in [-0.15, -0.1) is 5.10 Å². The molecule has 2 fully saturated rings. The second kappa shape index (κ2) is 10.6. The minimum atomic E-state index is -0.0229. The van der Waals surface area contributed by atoms with E-state index >= 15 is 0 Å². The summed E-state index contributed by atoms with van der Waals surface area (Å²) in [6, 6.07) is 6.66. The van der Waals surface area contributed by atoms with E-state index in [0.29, 0.717) is 12.6 Å². The maximum absolute atomic E-state index is 13.2. The smallest absolute Gasteiger partial charge is 0.252 e. The fraction of sp³-hybridized carbons (Fsp3) is 0.630. The van der Waals surface area contributed by atoms with E-state index in [0.717, 1.165) is 73.1 Å². The normalized spacial score (nSPS) is 20.2. The number of nitrogens with one attached hydrogen (secondary N) is 1. The van der Waals surface area contributed by atoms with E-state index in [9.17, 15) is 4.79 Å². The van der Waals surface area contributed by atoms with Crippen molar-refractivity contribution in [3.8, 4) is 0 Å². The fourth-order valence-electron chi connectivity index (χ4n) is 5.87. The monoisotopic (exact) mass is 478 g/mol. The molecule has 2 atom stereocenters. The molecule has 0 bridgehead atoms. The van der Waals surface area contributed by atoms with Gasteiger partial charge in [-0.25, -0.2) is 4.68 Å². The first kappa shape index (κ1) is 24.1. The van der Waals surface area contributed by atoms with Crippen molar-refractivity contribution in [2.75, 3.05) is 13.2 Å². The Balaban J connectivity index is 1.49. The highest BCUT2D eigenvalue weighted by Crippen LogP contribution is 2.33. The van der Waals surface area contributed by atoms with E-state index in [1.54, 1.807) is 0 Å². The van der Waals surface area contributed by atoms with Crippen molar-refractivity contribution < 1.29 is 4.74 Å². The number of nitrogens with zero attached hydrogens (tertiary/aromatic N) is 5. The first-order valence-electron chi connectivity index (χ1n) is 13.3. The second-order valence-electron chi connectivity index (χ2n) is 10.4. The number of H-pyrrole nitrogens is 1. The molecule has 1 aliphatic carbocycles. The van der Waals surface area contributed by atoms with E-state index in [1.807, 2.05) is 0 Å². The van der Waals surface area contributed by atoms with E-state index in [-0.39, 0.29) is 17.7 Å². The SMILES string of the molecule is CC[C@@H](c1nnnn1C1CCCCC1)N(Cc1cc2ccc(C)c(C)c2[nH]c1=O)C[C@H]1CCCO1. The molecule has 35 heavy (non-hydrogen) atoms. The van der Waals surface area contributed by atoms with Gasteiger partial charge in [-0.1, -0.05) is 38.3 Å². The lowest BCUT2D eigenvalue weighted by Crippen LogP contribution is -2.38. The number of fused-ring (bicyclic) bond motifs is 1. The third kappa shape index (κ3) is 5.05. The minimum absolute atomic E-state index is 0.0194. The van der Waals surface area contributed by atoms with Crippen molar-refractivity contribution in [3.05, 3.63) is 51.1 Å². The highest BCUT2D eigenvalue weighted by molar-refractivity contribution is 5.83. The number of hydrogen-bond acceptors (Lipinski definition) is 6. The van der Waals surface area contributed by atoms with Crippen molar-refractivity contribution in [1.82, 2.24) is 30.1 Å². The van der Waals surface area contributed by atoms with Crippen LogP contribution in [0.4, 0.5) is 0 Å². The van der Waals surface area contributed by atoms with Crippen LogP contribution >= 0.6 is 0 Å². The third-order valence-corrected chi connectivity index (χ3v) is 8.03. The van der Waals surface area contributed by atoms with Crippen LogP contribution in [0.15, 0.2) is 23.0 Å². The third-order valence-electron chi connectivity index (χ3n) is 8.03. The average molecular weight is 479 g/mol. The number of rotatable bonds is 8. The largest absolute Gasteiger partial charge is 0.377 e. The molecule has 1 N–H and O–H groups in total. The molecular weight excluding hydrogens is 440 g/mol. The minimum Gasteiger partial charge on any atom is -0.377 e. The lowest BCUT2D eigenvalue weighted by atomic mass is 9.95. The Hall–Kier alpha value is -2.58. The molecule has 3 aromatic rings. The van der Waals surface area contributed by atoms with Crippen LogP contribution in [-0.2, 0) is 11.3 Å². The van der Waals surface area contributed by atoms with Gasteiger partial charge in [-0.05, 0) is 79.0 Å². The van der Waals surface area contributed by atoms with Crippen LogP contribution in [0.1, 0.15) is 92.9 Å². The summed E-state index contributed by atoms with van der Waals surface area (Å²) in [4.78, 5) is 18.8. The molecule has 188 valence electrons. The van der Waals surface area contributed by atoms with E-state index in [2.05, 4.69) is 69.1 Å². The summed E-state index contributed by atoms with van der Waals surface area (Å²) in [5.41, 5.74) is 3.99. The molecule has 0 radical (unpaired) electrons. The van der Waals surface area contributed by atoms with Gasteiger partial charge < -0.3 is 9.72 Å². The standard InChI is InChI=1S/C27H38N6O2/c1-4-24(26-29-30-31-33(26)22-9-6-5-7-10-22)32(17-23-11-8-14-35-23)16-21-15-20-13-12-18(2)19(3)25(20)28-27(21)34/h12-13,15,22-24H,4-11,14,16-17H2,1-3H3,(H,28,34)/t23-,24+/m1/s1. The Morgan fingerprint density at radius 2 is 2.00 bits per heavy atom. The predicted molar refractivity (Wildman–Crippen MR) is 136 cm³/mol. The Labute approximate surface area is 207 Å². The quantitative estimate of drug-likeness (QED) is 0.502. The lowest BCUT2D eigenvalue weighted by molar-refractivity contribution is 0.0481. The zero-order valence-corrected chi connectivity index (χ0v) is 21.3. The molecule has 1 saturated carbocycles. The molecule has 3 heterocycles. The summed E-state index contributed by atoms with van der Waals surface area (Å²) in [6.07, 6.45) is 9.18. The van der Waals surface area contributed by atoms with E-state index in [1.165, 1.54) is 24.8 Å². The van der Waals surface area contributed by atoms with Crippen molar-refractivity contribution in [2.24, 2.45) is 0 Å². The molecular formula is C27H38N6O2. The van der Waals surface area contributed by atoms with Crippen LogP contribution in [0.3, 0.4) is 0 Å². The van der Waals surface area contributed by atoms with Crippen LogP contribution < -0.4 is 5.56 Å². The maximum atomic E-state index is 13.2. The van der Waals surface area contributed by atoms with Gasteiger partial charge >= 0.3 is 0 Å². The summed E-state index contributed by atoms with van der Waals surface area (Å²) in [5.74, 6) is 0.918. The molecule has 5 rings (SSSR count). The maximum Gasteiger partial charge on any atom is 0.252 e. The highest BCUT2D eigenvalue weighted by Gasteiger charge is 2.31. The number of aryl methyl sites for hydroxylation is 2. The molecule has 2 aliphatic rings. The summed E-state index contributed by atoms with van der Waals surface area (Å²) in [6.45, 7) is 8.44. The lowest BCUT2D eigenvalue weighted by Gasteiger charge is -2.33. The first-order valence-corrected chi connectivity index (χ1v) is 13.3. The fourth-order valence-corrected chi connectivity index (χ4v) is 5.87. The van der Waals surface area contributed by atoms with E-state index in [4.69, 9.17) is 4.74 Å². The van der Waals surface area contributed by atoms with Crippen LogP contribution in [0.25, 0.3) is 10.9 Å². The van der Waals surface area contributed by atoms with Gasteiger partial charge in [0.25, 0.3) is 5.56 Å². The predicted octanol–water partition coefficient (Wildman–Crippen LogP) is 4.77. The molecule has 0 amide bonds. The summed E-state index contributed by atoms with van der Waals surface area (Å²) >= 11 is 0. The highest BCUT2D eigenvalue weighted by atomic mass is 16.5. The summed E-state index contributed by atoms with van der Waals surface area (Å²) < 4.78 is 8.10. The molecule has 1 aliphatic heterocycles. The number of aromatic nitrogens is 5. The molecule has 1 aromatic carbocycles. The zero-order chi connectivity index (χ0) is 24.4. The molecule has 0 unspecified atom stereocenters. The van der Waals surface area contributed by atoms with Crippen LogP contribution in [0.5, 0.6) is 0 Å². The van der Waals surface area contributed by atoms with Gasteiger partial charge in [-0.3, -0.25) is 9.69 Å². The van der Waals surface area contributed by atoms with Crippen molar-refractivity contribution in [2.45, 2.75) is 96.9 Å². The molecule has 2 aromatic heterocycles. The Morgan fingerprint density at radius 1 is 1.17 bits per heavy atom. The van der Waals surface area contributed by atoms with Gasteiger partial charge in [0.05, 0.1) is 23.7 Å². The topological polar surface area (TPSA) is 88.9 Å². The van der Waals surface area contributed by atoms with Gasteiger partial charge in [-0.2, -0.15) is 0 Å². The Bertz CT molecular complexity index is 1210. The molecule has 8 heteroatoms. The van der Waals surface area contributed by atoms with Crippen LogP contribution in [0.2, 0.25) is 0 Å². The van der Waals surface area contributed by atoms with Gasteiger partial charge in [0, 0.05) is 25.3 Å². The number of aromatic amines is 1. The summed E-state index contributed by atoms with van der Waals surface area (Å²) in [5, 5.41) is 14.1. The second-order valence-corrected chi connectivity index (χ2v) is 10.4. The number of hydrogen-bond donors (Lipinski definition) is 1. The first-order chi connectivity index (χ1) is 17.0. The van der Waals surface area contributed by atoms with Crippen LogP contribution in [0, 0.1) is 13.8 Å². The van der Waals surface area contributed by atoms with Gasteiger partial charge in [0.15, 0.2) is 5.82 Å². The number of tetrazole rings is 1. The van der Waals surface area contributed by atoms with Gasteiger partial charge in [0.2, 0.25) is 0 Å². The van der Waals surface area contributed by atoms with Crippen molar-refractivity contribution in [3.63, 3.8) is 0 Å². The average Bonchev–Trinajstić information content (AvgIpc) is 3.56. The molecule has 1 saturated heterocycles. The van der Waals surface area contributed by atoms with Crippen molar-refractivity contribution in [1.29, 1.82) is 0 Å². The van der Waals surface area contributed by atoms with Gasteiger partial charge in [0.1, 0.15) is 0 Å². The molecule has 0 spiro atoms. The Morgan fingerprint density at radius 3 is 2.74 bits per heavy atom. The molecule has 8 nitrogen and oxygen atoms in total. The number of pyridine rings is 1.